The Kier molecular flexibility index (Phi) is 56.8. The minimum absolute atomic E-state index is 0.0776. The minimum Gasteiger partial charge on any atom is -0.462 e. The Balaban J connectivity index is 4.26. The largest absolute Gasteiger partial charge is 0.462 e. The minimum atomic E-state index is -0.545. The van der Waals surface area contributed by atoms with Crippen LogP contribution in [0.3, 0.4) is 0 Å². The second kappa shape index (κ2) is 58.9. The molecule has 0 saturated carbocycles. The zero-order valence-corrected chi connectivity index (χ0v) is 45.6. The third kappa shape index (κ3) is 56.2. The van der Waals surface area contributed by atoms with Gasteiger partial charge in [-0.1, -0.05) is 268 Å². The lowest BCUT2D eigenvalue weighted by molar-refractivity contribution is -0.163. The maximum atomic E-state index is 12.9. The molecule has 0 aromatic carbocycles. The molecule has 0 N–H and O–H groups in total. The van der Waals surface area contributed by atoms with E-state index in [1.807, 2.05) is 0 Å². The molecule has 0 heterocycles. The molecule has 1 unspecified atom stereocenters. The number of ether oxygens (including phenoxy) is 3. The van der Waals surface area contributed by atoms with Gasteiger partial charge in [0.15, 0.2) is 6.10 Å². The Labute approximate surface area is 424 Å². The average molecular weight is 952 g/mol. The van der Waals surface area contributed by atoms with Crippen LogP contribution in [0.25, 0.3) is 0 Å². The first-order chi connectivity index (χ1) is 33.6. The van der Waals surface area contributed by atoms with Gasteiger partial charge in [-0.25, -0.2) is 0 Å². The van der Waals surface area contributed by atoms with Crippen molar-refractivity contribution in [2.24, 2.45) is 0 Å². The van der Waals surface area contributed by atoms with Crippen LogP contribution in [0, 0.1) is 0 Å². The van der Waals surface area contributed by atoms with E-state index >= 15 is 0 Å². The summed E-state index contributed by atoms with van der Waals surface area (Å²) in [5.41, 5.74) is 0. The molecule has 0 aliphatic heterocycles. The molecule has 0 saturated heterocycles. The normalized spacial score (nSPS) is 12.6. The van der Waals surface area contributed by atoms with Gasteiger partial charge in [0, 0.05) is 19.4 Å². The van der Waals surface area contributed by atoms with Crippen molar-refractivity contribution in [2.75, 3.05) is 19.8 Å². The van der Waals surface area contributed by atoms with Crippen molar-refractivity contribution in [3.05, 3.63) is 60.8 Å². The number of allylic oxidation sites excluding steroid dienone is 10. The zero-order chi connectivity index (χ0) is 49.2. The third-order valence-corrected chi connectivity index (χ3v) is 13.0. The summed E-state index contributed by atoms with van der Waals surface area (Å²) in [5.74, 6) is -0.401. The Morgan fingerprint density at radius 2 is 0.662 bits per heavy atom. The van der Waals surface area contributed by atoms with Gasteiger partial charge in [-0.15, -0.1) is 0 Å². The summed E-state index contributed by atoms with van der Waals surface area (Å²) in [6.07, 6.45) is 75.3. The van der Waals surface area contributed by atoms with E-state index in [1.54, 1.807) is 0 Å². The van der Waals surface area contributed by atoms with Crippen molar-refractivity contribution in [3.63, 3.8) is 0 Å². The van der Waals surface area contributed by atoms with Gasteiger partial charge in [-0.05, 0) is 83.5 Å². The van der Waals surface area contributed by atoms with Gasteiger partial charge in [0.25, 0.3) is 0 Å². The molecule has 0 spiro atoms. The third-order valence-electron chi connectivity index (χ3n) is 13.0. The summed E-state index contributed by atoms with van der Waals surface area (Å²) >= 11 is 0. The van der Waals surface area contributed by atoms with Gasteiger partial charge in [-0.2, -0.15) is 0 Å². The van der Waals surface area contributed by atoms with E-state index in [1.165, 1.54) is 193 Å². The van der Waals surface area contributed by atoms with Gasteiger partial charge < -0.3 is 14.2 Å². The van der Waals surface area contributed by atoms with Gasteiger partial charge >= 0.3 is 11.9 Å². The number of hydrogen-bond donors (Lipinski definition) is 0. The summed E-state index contributed by atoms with van der Waals surface area (Å²) in [6.45, 7) is 7.73. The second-order valence-corrected chi connectivity index (χ2v) is 19.9. The highest BCUT2D eigenvalue weighted by molar-refractivity contribution is 5.70. The van der Waals surface area contributed by atoms with E-state index in [-0.39, 0.29) is 25.2 Å². The van der Waals surface area contributed by atoms with E-state index in [4.69, 9.17) is 14.2 Å². The summed E-state index contributed by atoms with van der Waals surface area (Å²) in [4.78, 5) is 25.6. The maximum Gasteiger partial charge on any atom is 0.306 e. The van der Waals surface area contributed by atoms with Gasteiger partial charge in [0.05, 0.1) is 6.61 Å². The summed E-state index contributed by atoms with van der Waals surface area (Å²) in [7, 11) is 0. The van der Waals surface area contributed by atoms with Gasteiger partial charge in [0.2, 0.25) is 0 Å². The standard InChI is InChI=1S/C63H114O5/c1-4-7-10-13-16-19-22-25-28-30-32-34-36-38-41-44-47-50-53-56-62(64)67-60-61(59-66-58-55-52-49-46-43-40-27-24-21-18-15-12-9-6-3)68-63(65)57-54-51-48-45-42-39-37-35-33-31-29-26-23-20-17-14-11-8-5-2/h7,10,16,19,21,24-25,28,32,34,61H,4-6,8-9,11-15,17-18,20,22-23,26-27,29-31,33,35-60H2,1-3H3/b10-7-,19-16-,24-21-,28-25-,34-32-. The number of hydrogen-bond acceptors (Lipinski definition) is 5. The summed E-state index contributed by atoms with van der Waals surface area (Å²) < 4.78 is 17.5. The first-order valence-corrected chi connectivity index (χ1v) is 29.8. The van der Waals surface area contributed by atoms with Crippen molar-refractivity contribution in [3.8, 4) is 0 Å². The van der Waals surface area contributed by atoms with Crippen LogP contribution in [0.4, 0.5) is 0 Å². The molecule has 68 heavy (non-hydrogen) atoms. The van der Waals surface area contributed by atoms with Crippen LogP contribution in [0.15, 0.2) is 60.8 Å². The smallest absolute Gasteiger partial charge is 0.306 e. The van der Waals surface area contributed by atoms with Crippen LogP contribution < -0.4 is 0 Å². The van der Waals surface area contributed by atoms with Crippen LogP contribution >= 0.6 is 0 Å². The van der Waals surface area contributed by atoms with Crippen LogP contribution in [0.2, 0.25) is 0 Å². The molecule has 5 heteroatoms. The average Bonchev–Trinajstić information content (AvgIpc) is 3.34. The van der Waals surface area contributed by atoms with Crippen molar-refractivity contribution < 1.29 is 23.8 Å². The fourth-order valence-corrected chi connectivity index (χ4v) is 8.62. The number of rotatable bonds is 55. The second-order valence-electron chi connectivity index (χ2n) is 19.9. The predicted molar refractivity (Wildman–Crippen MR) is 298 cm³/mol. The number of unbranched alkanes of at least 4 members (excludes halogenated alkanes) is 34. The van der Waals surface area contributed by atoms with E-state index in [0.717, 1.165) is 77.0 Å². The monoisotopic (exact) mass is 951 g/mol. The molecule has 5 nitrogen and oxygen atoms in total. The van der Waals surface area contributed by atoms with Gasteiger partial charge in [-0.3, -0.25) is 9.59 Å². The lowest BCUT2D eigenvalue weighted by Gasteiger charge is -2.18. The number of carbonyl (C=O) groups is 2. The lowest BCUT2D eigenvalue weighted by atomic mass is 10.0. The summed E-state index contributed by atoms with van der Waals surface area (Å²) in [5, 5.41) is 0. The highest BCUT2D eigenvalue weighted by atomic mass is 16.6. The number of esters is 2. The highest BCUT2D eigenvalue weighted by Crippen LogP contribution is 2.16. The lowest BCUT2D eigenvalue weighted by Crippen LogP contribution is -2.30. The first kappa shape index (κ1) is 65.6. The SMILES string of the molecule is CC/C=C\C/C=C\C/C=C\C/C=C\CCCCCCCCC(=O)OCC(COCCCCCCCC/C=C\CCCCCC)OC(=O)CCCCCCCCCCCCCCCCCCCCC. The fourth-order valence-electron chi connectivity index (χ4n) is 8.62. The Morgan fingerprint density at radius 3 is 1.09 bits per heavy atom. The highest BCUT2D eigenvalue weighted by Gasteiger charge is 2.17. The Bertz CT molecular complexity index is 1170. The molecule has 0 aromatic rings. The molecule has 0 aliphatic rings. The first-order valence-electron chi connectivity index (χ1n) is 29.8. The quantitative estimate of drug-likeness (QED) is 0.0345. The molecular weight excluding hydrogens is 837 g/mol. The van der Waals surface area contributed by atoms with E-state index < -0.39 is 6.10 Å². The van der Waals surface area contributed by atoms with E-state index in [0.29, 0.717) is 19.4 Å². The summed E-state index contributed by atoms with van der Waals surface area (Å²) in [6, 6.07) is 0. The fraction of sp³-hybridized carbons (Fsp3) is 0.810. The van der Waals surface area contributed by atoms with Crippen molar-refractivity contribution in [2.45, 2.75) is 309 Å². The Morgan fingerprint density at radius 1 is 0.338 bits per heavy atom. The van der Waals surface area contributed by atoms with E-state index in [9.17, 15) is 9.59 Å². The maximum absolute atomic E-state index is 12.9. The Hall–Kier alpha value is -2.40. The van der Waals surface area contributed by atoms with Crippen molar-refractivity contribution in [1.82, 2.24) is 0 Å². The molecule has 0 radical (unpaired) electrons. The molecule has 0 amide bonds. The van der Waals surface area contributed by atoms with Crippen molar-refractivity contribution in [1.29, 1.82) is 0 Å². The number of carbonyl (C=O) groups excluding carboxylic acids is 2. The van der Waals surface area contributed by atoms with E-state index in [2.05, 4.69) is 81.5 Å². The predicted octanol–water partition coefficient (Wildman–Crippen LogP) is 20.5. The molecule has 1 atom stereocenters. The molecule has 396 valence electrons. The molecule has 0 fully saturated rings. The molecular formula is C63H114O5. The van der Waals surface area contributed by atoms with Gasteiger partial charge in [0.1, 0.15) is 6.61 Å². The molecule has 0 aliphatic carbocycles. The zero-order valence-electron chi connectivity index (χ0n) is 45.6. The van der Waals surface area contributed by atoms with Crippen molar-refractivity contribution >= 4 is 11.9 Å². The molecule has 0 aromatic heterocycles. The topological polar surface area (TPSA) is 61.8 Å². The molecule has 0 bridgehead atoms. The van der Waals surface area contributed by atoms with Crippen LogP contribution in [0.5, 0.6) is 0 Å². The van der Waals surface area contributed by atoms with Crippen LogP contribution in [-0.4, -0.2) is 37.9 Å². The van der Waals surface area contributed by atoms with Crippen LogP contribution in [0.1, 0.15) is 303 Å². The van der Waals surface area contributed by atoms with Crippen LogP contribution in [-0.2, 0) is 23.8 Å². The molecule has 0 rings (SSSR count).